The van der Waals surface area contributed by atoms with Crippen LogP contribution >= 0.6 is 50.6 Å². The van der Waals surface area contributed by atoms with Crippen LogP contribution in [0.5, 0.6) is 0 Å². The molecule has 0 fully saturated rings. The van der Waals surface area contributed by atoms with Crippen molar-refractivity contribution < 1.29 is 0 Å². The monoisotopic (exact) mass is 361 g/mol. The zero-order chi connectivity index (χ0) is 13.0. The molecule has 2 rings (SSSR count). The summed E-state index contributed by atoms with van der Waals surface area (Å²) in [6.07, 6.45) is 0.927. The van der Waals surface area contributed by atoms with E-state index in [2.05, 4.69) is 27.4 Å². The lowest BCUT2D eigenvalue weighted by Gasteiger charge is -2.09. The first-order valence-corrected chi connectivity index (χ1v) is 8.54. The maximum atomic E-state index is 6.14. The first-order valence-electron chi connectivity index (χ1n) is 5.50. The zero-order valence-electron chi connectivity index (χ0n) is 9.61. The fraction of sp³-hybridized carbons (Fsp3) is 0.231. The Balaban J connectivity index is 1.81. The molecule has 0 aliphatic carbocycles. The molecule has 1 heterocycles. The standard InChI is InChI=1S/C13H13BrClNS2/c14-9-5-13(17-7-9)6-11(16)8-18-12-3-1-10(15)2-4-12/h1-5,7,11H,6,8,16H2. The van der Waals surface area contributed by atoms with Gasteiger partial charge in [0.2, 0.25) is 0 Å². The van der Waals surface area contributed by atoms with E-state index >= 15 is 0 Å². The number of thioether (sulfide) groups is 1. The Morgan fingerprint density at radius 3 is 2.67 bits per heavy atom. The predicted octanol–water partition coefficient (Wildman–Crippen LogP) is 4.83. The minimum absolute atomic E-state index is 0.177. The van der Waals surface area contributed by atoms with Crippen LogP contribution in [-0.4, -0.2) is 11.8 Å². The van der Waals surface area contributed by atoms with Crippen LogP contribution < -0.4 is 5.73 Å². The van der Waals surface area contributed by atoms with Gasteiger partial charge in [-0.25, -0.2) is 0 Å². The quantitative estimate of drug-likeness (QED) is 0.771. The highest BCUT2D eigenvalue weighted by Crippen LogP contribution is 2.24. The molecule has 2 N–H and O–H groups in total. The van der Waals surface area contributed by atoms with Crippen molar-refractivity contribution in [3.63, 3.8) is 0 Å². The highest BCUT2D eigenvalue weighted by molar-refractivity contribution is 9.10. The van der Waals surface area contributed by atoms with Crippen LogP contribution in [0.4, 0.5) is 0 Å². The molecule has 0 bridgehead atoms. The molecule has 1 atom stereocenters. The van der Waals surface area contributed by atoms with Crippen LogP contribution in [0.25, 0.3) is 0 Å². The van der Waals surface area contributed by atoms with Gasteiger partial charge in [-0.2, -0.15) is 0 Å². The summed E-state index contributed by atoms with van der Waals surface area (Å²) in [5, 5.41) is 2.86. The van der Waals surface area contributed by atoms with Gasteiger partial charge in [-0.1, -0.05) is 11.6 Å². The van der Waals surface area contributed by atoms with Crippen LogP contribution in [0, 0.1) is 0 Å². The fourth-order valence-corrected chi connectivity index (χ4v) is 4.04. The minimum Gasteiger partial charge on any atom is -0.327 e. The highest BCUT2D eigenvalue weighted by Gasteiger charge is 2.07. The Bertz CT molecular complexity index is 498. The third kappa shape index (κ3) is 4.59. The van der Waals surface area contributed by atoms with Crippen LogP contribution in [0.3, 0.4) is 0 Å². The molecule has 0 saturated heterocycles. The second-order valence-electron chi connectivity index (χ2n) is 3.96. The normalized spacial score (nSPS) is 12.6. The lowest BCUT2D eigenvalue weighted by Crippen LogP contribution is -2.25. The second-order valence-corrected chi connectivity index (χ2v) is 7.40. The van der Waals surface area contributed by atoms with E-state index in [4.69, 9.17) is 17.3 Å². The maximum Gasteiger partial charge on any atom is 0.0406 e. The van der Waals surface area contributed by atoms with Crippen molar-refractivity contribution in [2.75, 3.05) is 5.75 Å². The number of halogens is 2. The molecular weight excluding hydrogens is 350 g/mol. The van der Waals surface area contributed by atoms with Gasteiger partial charge in [0.15, 0.2) is 0 Å². The van der Waals surface area contributed by atoms with Crippen molar-refractivity contribution in [2.24, 2.45) is 5.73 Å². The van der Waals surface area contributed by atoms with E-state index in [1.54, 1.807) is 23.1 Å². The summed E-state index contributed by atoms with van der Waals surface area (Å²) in [7, 11) is 0. The molecule has 0 aliphatic rings. The molecule has 1 unspecified atom stereocenters. The summed E-state index contributed by atoms with van der Waals surface area (Å²) in [6.45, 7) is 0. The summed E-state index contributed by atoms with van der Waals surface area (Å²) in [4.78, 5) is 2.54. The van der Waals surface area contributed by atoms with Crippen molar-refractivity contribution in [3.05, 3.63) is 50.1 Å². The van der Waals surface area contributed by atoms with Gasteiger partial charge in [0.25, 0.3) is 0 Å². The third-order valence-electron chi connectivity index (χ3n) is 2.36. The Hall–Kier alpha value is -0.0000000000000000833. The largest absolute Gasteiger partial charge is 0.327 e. The van der Waals surface area contributed by atoms with Crippen molar-refractivity contribution in [2.45, 2.75) is 17.4 Å². The molecule has 2 aromatic rings. The van der Waals surface area contributed by atoms with Crippen molar-refractivity contribution in [3.8, 4) is 0 Å². The summed E-state index contributed by atoms with van der Waals surface area (Å²) < 4.78 is 1.14. The van der Waals surface area contributed by atoms with Crippen LogP contribution in [0.1, 0.15) is 4.88 Å². The molecule has 1 nitrogen and oxygen atoms in total. The van der Waals surface area contributed by atoms with E-state index < -0.39 is 0 Å². The molecule has 96 valence electrons. The lowest BCUT2D eigenvalue weighted by molar-refractivity contribution is 0.757. The van der Waals surface area contributed by atoms with E-state index in [1.807, 2.05) is 24.3 Å². The third-order valence-corrected chi connectivity index (χ3v) is 5.54. The number of nitrogens with two attached hydrogens (primary N) is 1. The first-order chi connectivity index (χ1) is 8.63. The fourth-order valence-electron chi connectivity index (χ4n) is 1.51. The second kappa shape index (κ2) is 6.96. The predicted molar refractivity (Wildman–Crippen MR) is 85.9 cm³/mol. The summed E-state index contributed by atoms with van der Waals surface area (Å²) >= 11 is 12.8. The van der Waals surface area contributed by atoms with Crippen LogP contribution in [-0.2, 0) is 6.42 Å². The van der Waals surface area contributed by atoms with E-state index in [0.717, 1.165) is 21.7 Å². The number of thiophene rings is 1. The highest BCUT2D eigenvalue weighted by atomic mass is 79.9. The maximum absolute atomic E-state index is 6.14. The first kappa shape index (κ1) is 14.4. The Labute approximate surface area is 129 Å². The van der Waals surface area contributed by atoms with Crippen molar-refractivity contribution in [1.29, 1.82) is 0 Å². The Kier molecular flexibility index (Phi) is 5.57. The number of rotatable bonds is 5. The molecule has 5 heteroatoms. The van der Waals surface area contributed by atoms with E-state index in [-0.39, 0.29) is 6.04 Å². The topological polar surface area (TPSA) is 26.0 Å². The Morgan fingerprint density at radius 1 is 1.33 bits per heavy atom. The van der Waals surface area contributed by atoms with Gasteiger partial charge in [0.05, 0.1) is 0 Å². The molecule has 1 aromatic carbocycles. The van der Waals surface area contributed by atoms with Gasteiger partial charge in [-0.05, 0) is 52.7 Å². The molecule has 18 heavy (non-hydrogen) atoms. The minimum atomic E-state index is 0.177. The van der Waals surface area contributed by atoms with E-state index in [0.29, 0.717) is 0 Å². The number of hydrogen-bond donors (Lipinski definition) is 1. The van der Waals surface area contributed by atoms with E-state index in [9.17, 15) is 0 Å². The van der Waals surface area contributed by atoms with Gasteiger partial charge >= 0.3 is 0 Å². The molecule has 0 saturated carbocycles. The van der Waals surface area contributed by atoms with Crippen LogP contribution in [0.2, 0.25) is 5.02 Å². The number of hydrogen-bond acceptors (Lipinski definition) is 3. The average molecular weight is 363 g/mol. The number of benzene rings is 1. The van der Waals surface area contributed by atoms with Crippen molar-refractivity contribution in [1.82, 2.24) is 0 Å². The SMILES string of the molecule is NC(CSc1ccc(Cl)cc1)Cc1cc(Br)cs1. The molecule has 0 aliphatic heterocycles. The average Bonchev–Trinajstić information content (AvgIpc) is 2.74. The van der Waals surface area contributed by atoms with Gasteiger partial charge < -0.3 is 5.73 Å². The summed E-state index contributed by atoms with van der Waals surface area (Å²) in [6, 6.07) is 10.2. The molecular formula is C13H13BrClNS2. The van der Waals surface area contributed by atoms with Crippen LogP contribution in [0.15, 0.2) is 45.1 Å². The van der Waals surface area contributed by atoms with Gasteiger partial charge in [-0.3, -0.25) is 0 Å². The van der Waals surface area contributed by atoms with E-state index in [1.165, 1.54) is 9.77 Å². The van der Waals surface area contributed by atoms with Gasteiger partial charge in [0, 0.05) is 36.4 Å². The Morgan fingerprint density at radius 2 is 2.06 bits per heavy atom. The lowest BCUT2D eigenvalue weighted by atomic mass is 10.2. The smallest absolute Gasteiger partial charge is 0.0406 e. The molecule has 0 amide bonds. The molecule has 1 aromatic heterocycles. The van der Waals surface area contributed by atoms with Crippen molar-refractivity contribution >= 4 is 50.6 Å². The van der Waals surface area contributed by atoms with Gasteiger partial charge in [0.1, 0.15) is 0 Å². The van der Waals surface area contributed by atoms with Gasteiger partial charge in [-0.15, -0.1) is 23.1 Å². The molecule has 0 radical (unpaired) electrons. The summed E-state index contributed by atoms with van der Waals surface area (Å²) in [5.41, 5.74) is 6.14. The molecule has 0 spiro atoms. The summed E-state index contributed by atoms with van der Waals surface area (Å²) in [5.74, 6) is 0.914. The zero-order valence-corrected chi connectivity index (χ0v) is 13.6.